The zero-order chi connectivity index (χ0) is 13.5. The third-order valence-electron chi connectivity index (χ3n) is 1.96. The van der Waals surface area contributed by atoms with E-state index in [0.717, 1.165) is 11.8 Å². The summed E-state index contributed by atoms with van der Waals surface area (Å²) in [4.78, 5) is 16.7. The SMILES string of the molecule is CN(Cc1ccco1)C(=O)CSC(=N)N=C(N)N. The Morgan fingerprint density at radius 1 is 1.61 bits per heavy atom. The van der Waals surface area contributed by atoms with Gasteiger partial charge in [-0.15, -0.1) is 0 Å². The summed E-state index contributed by atoms with van der Waals surface area (Å²) in [5, 5.41) is 7.29. The van der Waals surface area contributed by atoms with Gasteiger partial charge >= 0.3 is 0 Å². The lowest BCUT2D eigenvalue weighted by atomic mass is 10.4. The fraction of sp³-hybridized carbons (Fsp3) is 0.300. The molecule has 7 nitrogen and oxygen atoms in total. The third-order valence-corrected chi connectivity index (χ3v) is 2.72. The van der Waals surface area contributed by atoms with Gasteiger partial charge in [-0.1, -0.05) is 11.8 Å². The number of amidine groups is 1. The van der Waals surface area contributed by atoms with Gasteiger partial charge < -0.3 is 20.8 Å². The monoisotopic (exact) mass is 269 g/mol. The number of hydrogen-bond donors (Lipinski definition) is 3. The number of carbonyl (C=O) groups is 1. The van der Waals surface area contributed by atoms with E-state index in [1.807, 2.05) is 0 Å². The van der Waals surface area contributed by atoms with Crippen LogP contribution in [0.15, 0.2) is 27.8 Å². The number of hydrogen-bond acceptors (Lipinski definition) is 4. The van der Waals surface area contributed by atoms with Crippen molar-refractivity contribution < 1.29 is 9.21 Å². The first-order chi connectivity index (χ1) is 8.49. The van der Waals surface area contributed by atoms with Gasteiger partial charge in [-0.3, -0.25) is 10.2 Å². The summed E-state index contributed by atoms with van der Waals surface area (Å²) in [6, 6.07) is 3.55. The first-order valence-corrected chi connectivity index (χ1v) is 6.05. The number of furan rings is 1. The minimum atomic E-state index is -0.191. The van der Waals surface area contributed by atoms with E-state index in [-0.39, 0.29) is 22.8 Å². The van der Waals surface area contributed by atoms with Gasteiger partial charge in [-0.05, 0) is 12.1 Å². The van der Waals surface area contributed by atoms with Crippen LogP contribution in [0.2, 0.25) is 0 Å². The number of nitrogens with zero attached hydrogens (tertiary/aromatic N) is 2. The van der Waals surface area contributed by atoms with Crippen molar-refractivity contribution in [3.8, 4) is 0 Å². The van der Waals surface area contributed by atoms with Crippen molar-refractivity contribution in [1.82, 2.24) is 4.90 Å². The first kappa shape index (κ1) is 14.1. The zero-order valence-electron chi connectivity index (χ0n) is 9.92. The molecular formula is C10H15N5O2S. The molecule has 18 heavy (non-hydrogen) atoms. The van der Waals surface area contributed by atoms with Crippen LogP contribution in [0.5, 0.6) is 0 Å². The number of thioether (sulfide) groups is 1. The molecule has 0 aromatic carbocycles. The van der Waals surface area contributed by atoms with Gasteiger partial charge in [-0.25, -0.2) is 0 Å². The highest BCUT2D eigenvalue weighted by molar-refractivity contribution is 8.14. The normalized spacial score (nSPS) is 9.83. The molecule has 0 fully saturated rings. The fourth-order valence-corrected chi connectivity index (χ4v) is 1.76. The molecule has 0 aliphatic rings. The Labute approximate surface area is 109 Å². The number of carbonyl (C=O) groups excluding carboxylic acids is 1. The number of nitrogens with two attached hydrogens (primary N) is 2. The topological polar surface area (TPSA) is 122 Å². The van der Waals surface area contributed by atoms with Crippen LogP contribution >= 0.6 is 11.8 Å². The van der Waals surface area contributed by atoms with Crippen molar-refractivity contribution in [2.24, 2.45) is 16.5 Å². The number of aliphatic imine (C=N–C) groups is 1. The molecule has 0 saturated heterocycles. The molecule has 98 valence electrons. The van der Waals surface area contributed by atoms with E-state index >= 15 is 0 Å². The summed E-state index contributed by atoms with van der Waals surface area (Å²) in [7, 11) is 1.66. The van der Waals surface area contributed by atoms with Gasteiger partial charge in [0.05, 0.1) is 18.6 Å². The molecule has 0 atom stereocenters. The molecule has 1 heterocycles. The van der Waals surface area contributed by atoms with E-state index in [2.05, 4.69) is 4.99 Å². The van der Waals surface area contributed by atoms with Gasteiger partial charge in [0, 0.05) is 7.05 Å². The Balaban J connectivity index is 2.36. The highest BCUT2D eigenvalue weighted by Gasteiger charge is 2.11. The van der Waals surface area contributed by atoms with Crippen LogP contribution in [0.3, 0.4) is 0 Å². The Hall–Kier alpha value is -1.96. The second-order valence-corrected chi connectivity index (χ2v) is 4.42. The Morgan fingerprint density at radius 3 is 2.89 bits per heavy atom. The van der Waals surface area contributed by atoms with Crippen LogP contribution in [-0.4, -0.2) is 34.7 Å². The molecule has 0 spiro atoms. The number of nitrogens with one attached hydrogen (secondary N) is 1. The molecule has 0 aliphatic carbocycles. The van der Waals surface area contributed by atoms with Crippen molar-refractivity contribution in [2.75, 3.05) is 12.8 Å². The van der Waals surface area contributed by atoms with Crippen LogP contribution in [0, 0.1) is 5.41 Å². The third kappa shape index (κ3) is 4.91. The van der Waals surface area contributed by atoms with Crippen molar-refractivity contribution in [2.45, 2.75) is 6.54 Å². The van der Waals surface area contributed by atoms with Crippen molar-refractivity contribution in [3.05, 3.63) is 24.2 Å². The lowest BCUT2D eigenvalue weighted by molar-refractivity contribution is -0.127. The quantitative estimate of drug-likeness (QED) is 0.531. The molecule has 0 unspecified atom stereocenters. The molecule has 0 saturated carbocycles. The summed E-state index contributed by atoms with van der Waals surface area (Å²) < 4.78 is 5.13. The van der Waals surface area contributed by atoms with Gasteiger partial charge in [0.25, 0.3) is 0 Å². The van der Waals surface area contributed by atoms with E-state index < -0.39 is 0 Å². The Morgan fingerprint density at radius 2 is 2.33 bits per heavy atom. The maximum atomic E-state index is 11.7. The summed E-state index contributed by atoms with van der Waals surface area (Å²) in [5.41, 5.74) is 10.2. The summed E-state index contributed by atoms with van der Waals surface area (Å²) in [5.74, 6) is 0.485. The smallest absolute Gasteiger partial charge is 0.233 e. The predicted molar refractivity (Wildman–Crippen MR) is 71.2 cm³/mol. The van der Waals surface area contributed by atoms with Gasteiger partial charge in [0.2, 0.25) is 5.91 Å². The van der Waals surface area contributed by atoms with Gasteiger partial charge in [0.15, 0.2) is 11.1 Å². The summed E-state index contributed by atoms with van der Waals surface area (Å²) >= 11 is 0.968. The standard InChI is InChI=1S/C10H15N5O2S/c1-15(5-7-3-2-4-17-7)8(16)6-18-10(13)14-9(11)12/h2-4H,5-6H2,1H3,(H5,11,12,13,14). The predicted octanol–water partition coefficient (Wildman–Crippen LogP) is 0.179. The molecule has 1 aromatic rings. The lowest BCUT2D eigenvalue weighted by Gasteiger charge is -2.14. The first-order valence-electron chi connectivity index (χ1n) is 5.06. The molecule has 0 aliphatic heterocycles. The minimum absolute atomic E-state index is 0.0882. The molecule has 1 rings (SSSR count). The Kier molecular flexibility index (Phi) is 5.25. The van der Waals surface area contributed by atoms with Crippen LogP contribution < -0.4 is 11.5 Å². The van der Waals surface area contributed by atoms with Gasteiger partial charge in [0.1, 0.15) is 5.76 Å². The maximum Gasteiger partial charge on any atom is 0.233 e. The maximum absolute atomic E-state index is 11.7. The fourth-order valence-electron chi connectivity index (χ4n) is 1.11. The van der Waals surface area contributed by atoms with Crippen LogP contribution in [-0.2, 0) is 11.3 Å². The molecular weight excluding hydrogens is 254 g/mol. The second-order valence-electron chi connectivity index (χ2n) is 3.46. The molecule has 1 aromatic heterocycles. The summed E-state index contributed by atoms with van der Waals surface area (Å²) in [6.07, 6.45) is 1.55. The van der Waals surface area contributed by atoms with E-state index in [1.54, 1.807) is 25.4 Å². The Bertz CT molecular complexity index is 439. The van der Waals surface area contributed by atoms with Crippen molar-refractivity contribution in [1.29, 1.82) is 5.41 Å². The average molecular weight is 269 g/mol. The summed E-state index contributed by atoms with van der Waals surface area (Å²) in [6.45, 7) is 0.391. The second kappa shape index (κ2) is 6.70. The highest BCUT2D eigenvalue weighted by Crippen LogP contribution is 2.08. The minimum Gasteiger partial charge on any atom is -0.467 e. The number of amides is 1. The van der Waals surface area contributed by atoms with Crippen molar-refractivity contribution >= 4 is 28.8 Å². The lowest BCUT2D eigenvalue weighted by Crippen LogP contribution is -2.28. The van der Waals surface area contributed by atoms with E-state index in [1.165, 1.54) is 4.90 Å². The van der Waals surface area contributed by atoms with Gasteiger partial charge in [-0.2, -0.15) is 4.99 Å². The largest absolute Gasteiger partial charge is 0.467 e. The number of rotatable bonds is 4. The molecule has 1 amide bonds. The molecule has 8 heteroatoms. The molecule has 5 N–H and O–H groups in total. The van der Waals surface area contributed by atoms with Crippen LogP contribution in [0.25, 0.3) is 0 Å². The molecule has 0 bridgehead atoms. The van der Waals surface area contributed by atoms with E-state index in [4.69, 9.17) is 21.3 Å². The molecule has 0 radical (unpaired) electrons. The number of guanidine groups is 1. The van der Waals surface area contributed by atoms with Crippen molar-refractivity contribution in [3.63, 3.8) is 0 Å². The average Bonchev–Trinajstić information content (AvgIpc) is 2.77. The highest BCUT2D eigenvalue weighted by atomic mass is 32.2. The van der Waals surface area contributed by atoms with Crippen LogP contribution in [0.1, 0.15) is 5.76 Å². The van der Waals surface area contributed by atoms with E-state index in [0.29, 0.717) is 12.3 Å². The zero-order valence-corrected chi connectivity index (χ0v) is 10.7. The van der Waals surface area contributed by atoms with E-state index in [9.17, 15) is 4.79 Å². The van der Waals surface area contributed by atoms with Crippen LogP contribution in [0.4, 0.5) is 0 Å².